The summed E-state index contributed by atoms with van der Waals surface area (Å²) in [6, 6.07) is 28.0. The molecule has 0 aromatic heterocycles. The number of nitrogens with one attached hydrogen (secondary N) is 1. The monoisotopic (exact) mass is 693 g/mol. The van der Waals surface area contributed by atoms with Crippen molar-refractivity contribution in [3.63, 3.8) is 0 Å². The van der Waals surface area contributed by atoms with Crippen LogP contribution in [0.4, 0.5) is 5.69 Å². The molecule has 0 aliphatic heterocycles. The highest BCUT2D eigenvalue weighted by Crippen LogP contribution is 2.35. The van der Waals surface area contributed by atoms with Crippen LogP contribution in [0.1, 0.15) is 36.8 Å². The number of halogens is 2. The van der Waals surface area contributed by atoms with E-state index in [1.165, 1.54) is 30.2 Å². The first-order valence-electron chi connectivity index (χ1n) is 15.5. The van der Waals surface area contributed by atoms with Crippen LogP contribution < -0.4 is 14.4 Å². The van der Waals surface area contributed by atoms with Crippen LogP contribution in [0.25, 0.3) is 0 Å². The maximum absolute atomic E-state index is 14.7. The van der Waals surface area contributed by atoms with E-state index < -0.39 is 28.5 Å². The maximum Gasteiger partial charge on any atom is 0.264 e. The summed E-state index contributed by atoms with van der Waals surface area (Å²) in [6.07, 6.45) is 3.97. The Morgan fingerprint density at radius 2 is 1.53 bits per heavy atom. The highest BCUT2D eigenvalue weighted by Gasteiger charge is 2.36. The van der Waals surface area contributed by atoms with Gasteiger partial charge in [-0.25, -0.2) is 8.42 Å². The van der Waals surface area contributed by atoms with Crippen LogP contribution in [0.5, 0.6) is 5.75 Å². The van der Waals surface area contributed by atoms with Gasteiger partial charge in [0.2, 0.25) is 11.8 Å². The normalized spacial score (nSPS) is 13.9. The van der Waals surface area contributed by atoms with Crippen LogP contribution in [-0.4, -0.2) is 50.9 Å². The first-order chi connectivity index (χ1) is 22.7. The van der Waals surface area contributed by atoms with Crippen molar-refractivity contribution in [2.75, 3.05) is 18.0 Å². The molecular formula is C36H37Cl2N3O5S. The van der Waals surface area contributed by atoms with Crippen LogP contribution >= 0.6 is 23.2 Å². The van der Waals surface area contributed by atoms with Gasteiger partial charge in [0, 0.05) is 29.1 Å². The summed E-state index contributed by atoms with van der Waals surface area (Å²) < 4.78 is 35.1. The largest absolute Gasteiger partial charge is 0.495 e. The van der Waals surface area contributed by atoms with Gasteiger partial charge in [0.25, 0.3) is 10.0 Å². The summed E-state index contributed by atoms with van der Waals surface area (Å²) in [5, 5.41) is 3.84. The number of carbonyl (C=O) groups excluding carboxylic acids is 2. The van der Waals surface area contributed by atoms with E-state index in [0.29, 0.717) is 10.6 Å². The molecule has 0 heterocycles. The molecule has 1 aliphatic rings. The number of nitrogens with zero attached hydrogens (tertiary/aromatic N) is 2. The van der Waals surface area contributed by atoms with Gasteiger partial charge in [-0.3, -0.25) is 13.9 Å². The molecule has 1 unspecified atom stereocenters. The second-order valence-electron chi connectivity index (χ2n) is 11.4. The van der Waals surface area contributed by atoms with Gasteiger partial charge in [-0.05, 0) is 60.4 Å². The van der Waals surface area contributed by atoms with Crippen LogP contribution in [-0.2, 0) is 32.6 Å². The molecule has 47 heavy (non-hydrogen) atoms. The third-order valence-corrected chi connectivity index (χ3v) is 10.7. The zero-order chi connectivity index (χ0) is 33.4. The lowest BCUT2D eigenvalue weighted by Crippen LogP contribution is -2.54. The predicted molar refractivity (Wildman–Crippen MR) is 185 cm³/mol. The van der Waals surface area contributed by atoms with E-state index in [1.807, 2.05) is 30.3 Å². The number of methoxy groups -OCH3 is 1. The molecule has 1 N–H and O–H groups in total. The molecule has 8 nitrogen and oxygen atoms in total. The topological polar surface area (TPSA) is 96.0 Å². The lowest BCUT2D eigenvalue weighted by atomic mass is 10.0. The van der Waals surface area contributed by atoms with Crippen molar-refractivity contribution >= 4 is 50.7 Å². The van der Waals surface area contributed by atoms with Gasteiger partial charge in [0.1, 0.15) is 18.3 Å². The minimum absolute atomic E-state index is 0.00344. The van der Waals surface area contributed by atoms with Crippen LogP contribution in [0, 0.1) is 0 Å². The summed E-state index contributed by atoms with van der Waals surface area (Å²) in [7, 11) is -2.90. The average molecular weight is 695 g/mol. The van der Waals surface area contributed by atoms with E-state index in [9.17, 15) is 18.0 Å². The fourth-order valence-corrected chi connectivity index (χ4v) is 7.62. The van der Waals surface area contributed by atoms with Gasteiger partial charge in [-0.15, -0.1) is 0 Å². The summed E-state index contributed by atoms with van der Waals surface area (Å²) in [6.45, 7) is -0.666. The summed E-state index contributed by atoms with van der Waals surface area (Å²) >= 11 is 13.0. The molecule has 1 aliphatic carbocycles. The van der Waals surface area contributed by atoms with Crippen molar-refractivity contribution in [1.82, 2.24) is 10.2 Å². The Morgan fingerprint density at radius 3 is 2.19 bits per heavy atom. The molecule has 4 aromatic rings. The van der Waals surface area contributed by atoms with E-state index >= 15 is 0 Å². The van der Waals surface area contributed by atoms with Gasteiger partial charge in [-0.2, -0.15) is 0 Å². The summed E-state index contributed by atoms with van der Waals surface area (Å²) in [5.74, 6) is -0.702. The van der Waals surface area contributed by atoms with Gasteiger partial charge in [-0.1, -0.05) is 103 Å². The number of benzene rings is 4. The van der Waals surface area contributed by atoms with E-state index in [1.54, 1.807) is 54.6 Å². The molecule has 11 heteroatoms. The molecule has 2 amide bonds. The standard InChI is InChI=1S/C36H37Cl2N3O5S/c1-46-34-21-20-28(37)23-32(34)41(47(44,45)30-17-6-3-7-18-30)25-35(42)40(24-27-14-8-11-19-31(27)38)33(22-26-12-4-2-5-13-26)36(43)39-29-15-9-10-16-29/h2-8,11-14,17-21,23,29,33H,9-10,15-16,22,24-25H2,1H3,(H,39,43). The molecule has 0 radical (unpaired) electrons. The van der Waals surface area contributed by atoms with E-state index in [4.69, 9.17) is 27.9 Å². The minimum atomic E-state index is -4.32. The van der Waals surface area contributed by atoms with Gasteiger partial charge < -0.3 is 15.0 Å². The number of amides is 2. The van der Waals surface area contributed by atoms with Crippen molar-refractivity contribution in [2.24, 2.45) is 0 Å². The Bertz CT molecular complexity index is 1790. The number of rotatable bonds is 13. The second kappa shape index (κ2) is 15.7. The zero-order valence-electron chi connectivity index (χ0n) is 26.0. The third-order valence-electron chi connectivity index (χ3n) is 8.29. The Balaban J connectivity index is 1.61. The molecular weight excluding hydrogens is 657 g/mol. The number of carbonyl (C=O) groups is 2. The van der Waals surface area contributed by atoms with Gasteiger partial charge in [0.05, 0.1) is 17.7 Å². The average Bonchev–Trinajstić information content (AvgIpc) is 3.59. The zero-order valence-corrected chi connectivity index (χ0v) is 28.3. The SMILES string of the molecule is COc1ccc(Cl)cc1N(CC(=O)N(Cc1ccccc1Cl)C(Cc1ccccc1)C(=O)NC1CCCC1)S(=O)(=O)c1ccccc1. The van der Waals surface area contributed by atoms with Gasteiger partial charge >= 0.3 is 0 Å². The molecule has 0 spiro atoms. The van der Waals surface area contributed by atoms with Crippen molar-refractivity contribution in [3.05, 3.63) is 124 Å². The molecule has 4 aromatic carbocycles. The Kier molecular flexibility index (Phi) is 11.4. The second-order valence-corrected chi connectivity index (χ2v) is 14.2. The Labute approximate surface area is 286 Å². The molecule has 1 saturated carbocycles. The first-order valence-corrected chi connectivity index (χ1v) is 17.7. The van der Waals surface area contributed by atoms with Crippen molar-refractivity contribution in [2.45, 2.75) is 55.6 Å². The highest BCUT2D eigenvalue weighted by molar-refractivity contribution is 7.92. The molecule has 1 atom stereocenters. The molecule has 0 bridgehead atoms. The first kappa shape index (κ1) is 34.3. The van der Waals surface area contributed by atoms with Crippen molar-refractivity contribution in [3.8, 4) is 5.75 Å². The number of hydrogen-bond acceptors (Lipinski definition) is 5. The lowest BCUT2D eigenvalue weighted by Gasteiger charge is -2.34. The van der Waals surface area contributed by atoms with Crippen LogP contribution in [0.2, 0.25) is 10.0 Å². The maximum atomic E-state index is 14.7. The predicted octanol–water partition coefficient (Wildman–Crippen LogP) is 6.90. The minimum Gasteiger partial charge on any atom is -0.495 e. The lowest BCUT2D eigenvalue weighted by molar-refractivity contribution is -0.140. The fourth-order valence-electron chi connectivity index (χ4n) is 5.82. The highest BCUT2D eigenvalue weighted by atomic mass is 35.5. The Morgan fingerprint density at radius 1 is 0.894 bits per heavy atom. The molecule has 246 valence electrons. The number of ether oxygens (including phenoxy) is 1. The number of hydrogen-bond donors (Lipinski definition) is 1. The molecule has 0 saturated heterocycles. The summed E-state index contributed by atoms with van der Waals surface area (Å²) in [5.41, 5.74) is 1.55. The smallest absolute Gasteiger partial charge is 0.264 e. The van der Waals surface area contributed by atoms with E-state index in [-0.39, 0.29) is 46.3 Å². The molecule has 5 rings (SSSR count). The van der Waals surface area contributed by atoms with E-state index in [2.05, 4.69) is 5.32 Å². The Hall–Kier alpha value is -4.05. The number of sulfonamides is 1. The fraction of sp³-hybridized carbons (Fsp3) is 0.278. The van der Waals surface area contributed by atoms with E-state index in [0.717, 1.165) is 35.6 Å². The third kappa shape index (κ3) is 8.46. The van der Waals surface area contributed by atoms with Gasteiger partial charge in [0.15, 0.2) is 0 Å². The van der Waals surface area contributed by atoms with Crippen molar-refractivity contribution < 1.29 is 22.7 Å². The summed E-state index contributed by atoms with van der Waals surface area (Å²) in [4.78, 5) is 30.3. The molecule has 1 fully saturated rings. The van der Waals surface area contributed by atoms with Crippen LogP contribution in [0.3, 0.4) is 0 Å². The quantitative estimate of drug-likeness (QED) is 0.164. The van der Waals surface area contributed by atoms with Crippen molar-refractivity contribution in [1.29, 1.82) is 0 Å². The van der Waals surface area contributed by atoms with Crippen LogP contribution in [0.15, 0.2) is 108 Å². The number of anilines is 1.